The molecule has 0 aliphatic rings. The highest BCUT2D eigenvalue weighted by Crippen LogP contribution is 2.40. The van der Waals surface area contributed by atoms with Gasteiger partial charge in [-0.25, -0.2) is 22.4 Å². The van der Waals surface area contributed by atoms with Crippen molar-refractivity contribution < 1.29 is 40.3 Å². The number of ether oxygens (including phenoxy) is 1. The van der Waals surface area contributed by atoms with Gasteiger partial charge in [0.15, 0.2) is 4.34 Å². The third kappa shape index (κ3) is 6.96. The zero-order valence-electron chi connectivity index (χ0n) is 20.2. The highest BCUT2D eigenvalue weighted by atomic mass is 32.2. The Hall–Kier alpha value is -3.44. The van der Waals surface area contributed by atoms with Gasteiger partial charge in [-0.05, 0) is 54.6 Å². The Bertz CT molecular complexity index is 1420. The summed E-state index contributed by atoms with van der Waals surface area (Å²) in [7, 11) is -4.09. The summed E-state index contributed by atoms with van der Waals surface area (Å²) in [5.41, 5.74) is -4.54. The fourth-order valence-electron chi connectivity index (χ4n) is 3.19. The summed E-state index contributed by atoms with van der Waals surface area (Å²) < 4.78 is 89.1. The number of urea groups is 1. The van der Waals surface area contributed by atoms with Crippen molar-refractivity contribution in [3.05, 3.63) is 59.9 Å². The molecule has 10 nitrogen and oxygen atoms in total. The molecule has 2 aromatic carbocycles. The van der Waals surface area contributed by atoms with Crippen molar-refractivity contribution in [3.63, 3.8) is 0 Å². The van der Waals surface area contributed by atoms with Gasteiger partial charge in [0.1, 0.15) is 5.82 Å². The molecular weight excluding hydrogens is 586 g/mol. The van der Waals surface area contributed by atoms with Crippen molar-refractivity contribution in [1.82, 2.24) is 15.5 Å². The van der Waals surface area contributed by atoms with E-state index in [0.29, 0.717) is 28.6 Å². The minimum Gasteiger partial charge on any atom is -0.464 e. The number of sulfonamides is 1. The lowest BCUT2D eigenvalue weighted by Gasteiger charge is -2.34. The monoisotopic (exact) mass is 607 g/mol. The van der Waals surface area contributed by atoms with Gasteiger partial charge >= 0.3 is 18.2 Å². The summed E-state index contributed by atoms with van der Waals surface area (Å²) in [4.78, 5) is 25.0. The number of hydrogen-bond donors (Lipinski definition) is 3. The topological polar surface area (TPSA) is 139 Å². The van der Waals surface area contributed by atoms with Crippen LogP contribution in [0.5, 0.6) is 0 Å². The molecule has 3 aromatic rings. The van der Waals surface area contributed by atoms with Crippen molar-refractivity contribution in [1.29, 1.82) is 0 Å². The number of benzene rings is 2. The maximum absolute atomic E-state index is 14.3. The highest BCUT2D eigenvalue weighted by Gasteiger charge is 2.64. The Kier molecular flexibility index (Phi) is 9.39. The van der Waals surface area contributed by atoms with Crippen LogP contribution >= 0.6 is 23.1 Å². The number of carbonyl (C=O) groups is 2. The quantitative estimate of drug-likeness (QED) is 0.171. The van der Waals surface area contributed by atoms with Gasteiger partial charge < -0.3 is 15.4 Å². The Balaban J connectivity index is 1.82. The van der Waals surface area contributed by atoms with Crippen LogP contribution in [-0.4, -0.2) is 49.2 Å². The van der Waals surface area contributed by atoms with Crippen molar-refractivity contribution in [3.8, 4) is 0 Å². The number of esters is 1. The summed E-state index contributed by atoms with van der Waals surface area (Å²) in [5, 5.41) is 11.4. The summed E-state index contributed by atoms with van der Waals surface area (Å²) in [6, 6.07) is 5.80. The van der Waals surface area contributed by atoms with Crippen molar-refractivity contribution in [2.45, 2.75) is 34.8 Å². The molecule has 0 saturated carbocycles. The predicted molar refractivity (Wildman–Crippen MR) is 136 cm³/mol. The number of alkyl halides is 3. The lowest BCUT2D eigenvalue weighted by Crippen LogP contribution is -2.62. The normalized spacial score (nSPS) is 13.3. The maximum atomic E-state index is 14.3. The number of amides is 2. The van der Waals surface area contributed by atoms with E-state index in [2.05, 4.69) is 25.0 Å². The zero-order chi connectivity index (χ0) is 28.8. The molecule has 39 heavy (non-hydrogen) atoms. The van der Waals surface area contributed by atoms with Crippen molar-refractivity contribution in [2.24, 2.45) is 0 Å². The molecular formula is C22H21F4N5O5S3. The van der Waals surface area contributed by atoms with Gasteiger partial charge in [-0.1, -0.05) is 42.2 Å². The largest absolute Gasteiger partial charge is 0.464 e. The summed E-state index contributed by atoms with van der Waals surface area (Å²) in [6.45, 7) is 2.75. The molecule has 3 N–H and O–H groups in total. The van der Waals surface area contributed by atoms with Crippen molar-refractivity contribution in [2.75, 3.05) is 22.4 Å². The van der Waals surface area contributed by atoms with E-state index in [1.54, 1.807) is 5.32 Å². The van der Waals surface area contributed by atoms with Crippen LogP contribution in [0.4, 0.5) is 33.2 Å². The summed E-state index contributed by atoms with van der Waals surface area (Å²) in [6.07, 6.45) is -5.39. The molecule has 210 valence electrons. The SMILES string of the molecule is CCOC(=O)[C@@](NC(=O)Nc1ccc(S(=O)(=O)Nc2nnc(SCC)s2)cc1)(c1ccc(F)cc1)C(F)(F)F. The predicted octanol–water partition coefficient (Wildman–Crippen LogP) is 4.73. The van der Waals surface area contributed by atoms with E-state index in [1.807, 2.05) is 6.92 Å². The second-order valence-electron chi connectivity index (χ2n) is 7.49. The molecule has 0 saturated heterocycles. The first kappa shape index (κ1) is 30.1. The van der Waals surface area contributed by atoms with Crippen LogP contribution in [0, 0.1) is 5.82 Å². The van der Waals surface area contributed by atoms with Gasteiger partial charge in [0.25, 0.3) is 15.6 Å². The number of hydrogen-bond acceptors (Lipinski definition) is 9. The first-order valence-electron chi connectivity index (χ1n) is 11.0. The van der Waals surface area contributed by atoms with E-state index in [0.717, 1.165) is 41.4 Å². The number of carbonyl (C=O) groups excluding carboxylic acids is 2. The molecule has 17 heteroatoms. The fourth-order valence-corrected chi connectivity index (χ4v) is 6.07. The molecule has 0 aliphatic carbocycles. The molecule has 1 heterocycles. The minimum atomic E-state index is -5.39. The first-order valence-corrected chi connectivity index (χ1v) is 14.3. The van der Waals surface area contributed by atoms with E-state index >= 15 is 0 Å². The average Bonchev–Trinajstić information content (AvgIpc) is 3.29. The zero-order valence-corrected chi connectivity index (χ0v) is 22.7. The van der Waals surface area contributed by atoms with E-state index < -0.39 is 51.7 Å². The second kappa shape index (κ2) is 12.2. The van der Waals surface area contributed by atoms with Gasteiger partial charge in [0.05, 0.1) is 11.5 Å². The molecule has 0 bridgehead atoms. The third-order valence-corrected chi connectivity index (χ3v) is 8.24. The van der Waals surface area contributed by atoms with Gasteiger partial charge in [0, 0.05) is 5.69 Å². The molecule has 2 amide bonds. The molecule has 0 spiro atoms. The number of halogens is 4. The smallest absolute Gasteiger partial charge is 0.426 e. The molecule has 1 aromatic heterocycles. The van der Waals surface area contributed by atoms with Crippen LogP contribution in [-0.2, 0) is 25.1 Å². The lowest BCUT2D eigenvalue weighted by atomic mass is 9.89. The van der Waals surface area contributed by atoms with Gasteiger partial charge in [-0.2, -0.15) is 13.2 Å². The number of nitrogens with one attached hydrogen (secondary N) is 3. The number of rotatable bonds is 10. The number of thioether (sulfide) groups is 1. The van der Waals surface area contributed by atoms with E-state index in [1.165, 1.54) is 18.7 Å². The van der Waals surface area contributed by atoms with Crippen LogP contribution in [0.2, 0.25) is 0 Å². The third-order valence-electron chi connectivity index (χ3n) is 4.90. The average molecular weight is 608 g/mol. The molecule has 0 radical (unpaired) electrons. The van der Waals surface area contributed by atoms with Crippen LogP contribution in [0.15, 0.2) is 57.8 Å². The van der Waals surface area contributed by atoms with Gasteiger partial charge in [0.2, 0.25) is 5.13 Å². The standard InChI is InChI=1S/C22H21F4N5O5S3/c1-3-36-17(32)21(22(24,25)26,13-5-7-14(23)8-6-13)28-18(33)27-15-9-11-16(12-10-15)39(34,35)31-19-29-30-20(38-19)37-4-2/h5-12H,3-4H2,1-2H3,(H,29,31)(H2,27,28,33)/t21-/m0/s1. The number of nitrogens with zero attached hydrogens (tertiary/aromatic N) is 2. The van der Waals surface area contributed by atoms with Gasteiger partial charge in [-0.15, -0.1) is 10.2 Å². The van der Waals surface area contributed by atoms with E-state index in [-0.39, 0.29) is 15.7 Å². The second-order valence-corrected chi connectivity index (χ2v) is 11.7. The Morgan fingerprint density at radius 2 is 1.67 bits per heavy atom. The molecule has 0 unspecified atom stereocenters. The van der Waals surface area contributed by atoms with Crippen molar-refractivity contribution >= 4 is 55.9 Å². The lowest BCUT2D eigenvalue weighted by molar-refractivity contribution is -0.213. The number of anilines is 2. The van der Waals surface area contributed by atoms with E-state index in [4.69, 9.17) is 0 Å². The van der Waals surface area contributed by atoms with Crippen LogP contribution in [0.25, 0.3) is 0 Å². The first-order chi connectivity index (χ1) is 18.3. The summed E-state index contributed by atoms with van der Waals surface area (Å²) >= 11 is 2.42. The summed E-state index contributed by atoms with van der Waals surface area (Å²) in [5.74, 6) is -1.97. The van der Waals surface area contributed by atoms with Gasteiger partial charge in [-0.3, -0.25) is 4.72 Å². The van der Waals surface area contributed by atoms with E-state index in [9.17, 15) is 35.6 Å². The van der Waals surface area contributed by atoms with Crippen LogP contribution < -0.4 is 15.4 Å². The minimum absolute atomic E-state index is 0.0378. The Morgan fingerprint density at radius 1 is 1.03 bits per heavy atom. The molecule has 1 atom stereocenters. The maximum Gasteiger partial charge on any atom is 0.426 e. The Labute approximate surface area is 228 Å². The fraction of sp³-hybridized carbons (Fsp3) is 0.273. The Morgan fingerprint density at radius 3 is 2.23 bits per heavy atom. The van der Waals surface area contributed by atoms with Crippen LogP contribution in [0.3, 0.4) is 0 Å². The molecule has 3 rings (SSSR count). The molecule has 0 fully saturated rings. The molecule has 0 aliphatic heterocycles. The van der Waals surface area contributed by atoms with Crippen LogP contribution in [0.1, 0.15) is 19.4 Å². The number of aromatic nitrogens is 2. The highest BCUT2D eigenvalue weighted by molar-refractivity contribution is 8.01.